The van der Waals surface area contributed by atoms with E-state index in [1.807, 2.05) is 41.3 Å². The van der Waals surface area contributed by atoms with Crippen LogP contribution >= 0.6 is 0 Å². The highest BCUT2D eigenvalue weighted by Crippen LogP contribution is 2.25. The molecule has 2 aromatic rings. The second kappa shape index (κ2) is 8.08. The summed E-state index contributed by atoms with van der Waals surface area (Å²) in [5.41, 5.74) is 1.82. The topological polar surface area (TPSA) is 40.6 Å². The fourth-order valence-corrected chi connectivity index (χ4v) is 3.31. The van der Waals surface area contributed by atoms with Gasteiger partial charge in [-0.1, -0.05) is 60.7 Å². The first-order valence-electron chi connectivity index (χ1n) is 8.76. The van der Waals surface area contributed by atoms with Crippen molar-refractivity contribution in [1.82, 2.24) is 9.80 Å². The van der Waals surface area contributed by atoms with E-state index in [0.717, 1.165) is 18.7 Å². The molecule has 1 atom stereocenters. The molecule has 1 heterocycles. The zero-order chi connectivity index (χ0) is 17.6. The number of hydrogen-bond donors (Lipinski definition) is 0. The Morgan fingerprint density at radius 2 is 1.56 bits per heavy atom. The highest BCUT2D eigenvalue weighted by Gasteiger charge is 2.30. The van der Waals surface area contributed by atoms with E-state index in [-0.39, 0.29) is 30.6 Å². The molecule has 4 heteroatoms. The summed E-state index contributed by atoms with van der Waals surface area (Å²) in [6, 6.07) is 19.4. The van der Waals surface area contributed by atoms with Crippen molar-refractivity contribution < 1.29 is 9.59 Å². The van der Waals surface area contributed by atoms with E-state index in [0.29, 0.717) is 12.1 Å². The van der Waals surface area contributed by atoms with E-state index < -0.39 is 0 Å². The maximum atomic E-state index is 12.8. The number of benzene rings is 2. The number of carbonyl (C=O) groups excluding carboxylic acids is 2. The molecule has 1 amide bonds. The zero-order valence-electron chi connectivity index (χ0n) is 14.6. The van der Waals surface area contributed by atoms with Crippen LogP contribution in [0.5, 0.6) is 0 Å². The Balaban J connectivity index is 1.66. The number of amides is 1. The molecule has 2 aromatic carbocycles. The first kappa shape index (κ1) is 17.4. The van der Waals surface area contributed by atoms with Crippen molar-refractivity contribution in [1.29, 1.82) is 0 Å². The van der Waals surface area contributed by atoms with E-state index in [9.17, 15) is 9.59 Å². The van der Waals surface area contributed by atoms with Gasteiger partial charge in [0.15, 0.2) is 5.78 Å². The highest BCUT2D eigenvalue weighted by molar-refractivity contribution is 5.97. The second-order valence-electron chi connectivity index (χ2n) is 6.57. The average molecular weight is 336 g/mol. The van der Waals surface area contributed by atoms with Crippen molar-refractivity contribution in [2.75, 3.05) is 26.7 Å². The van der Waals surface area contributed by atoms with E-state index in [2.05, 4.69) is 24.1 Å². The number of nitrogens with zero attached hydrogens (tertiary/aromatic N) is 2. The van der Waals surface area contributed by atoms with Gasteiger partial charge in [-0.15, -0.1) is 0 Å². The summed E-state index contributed by atoms with van der Waals surface area (Å²) in [5, 5.41) is 0. The molecule has 1 unspecified atom stereocenters. The van der Waals surface area contributed by atoms with Crippen molar-refractivity contribution in [3.05, 3.63) is 71.8 Å². The summed E-state index contributed by atoms with van der Waals surface area (Å²) in [6.07, 6.45) is 0.525. The monoisotopic (exact) mass is 336 g/mol. The van der Waals surface area contributed by atoms with Crippen LogP contribution in [0.15, 0.2) is 60.7 Å². The summed E-state index contributed by atoms with van der Waals surface area (Å²) < 4.78 is 0. The Bertz CT molecular complexity index is 715. The summed E-state index contributed by atoms with van der Waals surface area (Å²) in [6.45, 7) is 2.39. The quantitative estimate of drug-likeness (QED) is 0.788. The Morgan fingerprint density at radius 1 is 0.920 bits per heavy atom. The first-order valence-corrected chi connectivity index (χ1v) is 8.76. The molecule has 130 valence electrons. The molecule has 1 aliphatic rings. The first-order chi connectivity index (χ1) is 12.1. The Kier molecular flexibility index (Phi) is 5.61. The lowest BCUT2D eigenvalue weighted by Gasteiger charge is -2.40. The van der Waals surface area contributed by atoms with Crippen LogP contribution in [0.2, 0.25) is 0 Å². The summed E-state index contributed by atoms with van der Waals surface area (Å²) in [4.78, 5) is 29.2. The summed E-state index contributed by atoms with van der Waals surface area (Å²) in [5.74, 6) is 0.0885. The van der Waals surface area contributed by atoms with Gasteiger partial charge < -0.3 is 9.80 Å². The van der Waals surface area contributed by atoms with Gasteiger partial charge in [0.25, 0.3) is 0 Å². The van der Waals surface area contributed by atoms with Crippen molar-refractivity contribution in [2.45, 2.75) is 18.9 Å². The summed E-state index contributed by atoms with van der Waals surface area (Å²) in [7, 11) is 2.08. The number of Topliss-reactive ketones (excluding diaryl/α,β-unsaturated/α-hetero) is 1. The molecule has 1 fully saturated rings. The Morgan fingerprint density at radius 3 is 2.24 bits per heavy atom. The van der Waals surface area contributed by atoms with Crippen LogP contribution in [0.4, 0.5) is 0 Å². The third kappa shape index (κ3) is 4.34. The third-order valence-corrected chi connectivity index (χ3v) is 4.75. The van der Waals surface area contributed by atoms with Gasteiger partial charge in [-0.3, -0.25) is 9.59 Å². The van der Waals surface area contributed by atoms with Gasteiger partial charge in [-0.05, 0) is 12.6 Å². The Labute approximate surface area is 149 Å². The fourth-order valence-electron chi connectivity index (χ4n) is 3.31. The molecule has 3 rings (SSSR count). The molecule has 0 radical (unpaired) electrons. The molecule has 25 heavy (non-hydrogen) atoms. The van der Waals surface area contributed by atoms with Crippen LogP contribution in [0, 0.1) is 0 Å². The number of carbonyl (C=O) groups is 2. The van der Waals surface area contributed by atoms with E-state index in [1.165, 1.54) is 0 Å². The zero-order valence-corrected chi connectivity index (χ0v) is 14.6. The molecular weight excluding hydrogens is 312 g/mol. The van der Waals surface area contributed by atoms with Crippen molar-refractivity contribution in [3.8, 4) is 0 Å². The normalized spacial score (nSPS) is 18.1. The molecule has 0 aromatic heterocycles. The van der Waals surface area contributed by atoms with Gasteiger partial charge in [-0.2, -0.15) is 0 Å². The maximum absolute atomic E-state index is 12.8. The lowest BCUT2D eigenvalue weighted by Crippen LogP contribution is -2.49. The summed E-state index contributed by atoms with van der Waals surface area (Å²) >= 11 is 0. The van der Waals surface area contributed by atoms with E-state index in [4.69, 9.17) is 0 Å². The molecule has 0 aliphatic carbocycles. The largest absolute Gasteiger partial charge is 0.333 e. The van der Waals surface area contributed by atoms with Gasteiger partial charge in [0.1, 0.15) is 0 Å². The molecule has 0 N–H and O–H groups in total. The van der Waals surface area contributed by atoms with Crippen molar-refractivity contribution >= 4 is 11.7 Å². The van der Waals surface area contributed by atoms with Gasteiger partial charge in [0.2, 0.25) is 5.91 Å². The van der Waals surface area contributed by atoms with Gasteiger partial charge in [0, 0.05) is 38.0 Å². The number of rotatable bonds is 5. The molecule has 0 bridgehead atoms. The van der Waals surface area contributed by atoms with E-state index in [1.54, 1.807) is 12.1 Å². The smallest absolute Gasteiger partial charge is 0.223 e. The third-order valence-electron chi connectivity index (χ3n) is 4.75. The van der Waals surface area contributed by atoms with Crippen molar-refractivity contribution in [3.63, 3.8) is 0 Å². The fraction of sp³-hybridized carbons (Fsp3) is 0.333. The van der Waals surface area contributed by atoms with Crippen molar-refractivity contribution in [2.24, 2.45) is 0 Å². The maximum Gasteiger partial charge on any atom is 0.223 e. The van der Waals surface area contributed by atoms with E-state index >= 15 is 0 Å². The second-order valence-corrected chi connectivity index (χ2v) is 6.57. The molecule has 1 aliphatic heterocycles. The van der Waals surface area contributed by atoms with Gasteiger partial charge in [0.05, 0.1) is 6.04 Å². The Hall–Kier alpha value is -2.46. The van der Waals surface area contributed by atoms with Crippen LogP contribution in [-0.4, -0.2) is 48.2 Å². The predicted molar refractivity (Wildman–Crippen MR) is 98.4 cm³/mol. The highest BCUT2D eigenvalue weighted by atomic mass is 16.2. The lowest BCUT2D eigenvalue weighted by molar-refractivity contribution is -0.136. The number of likely N-dealkylation sites (N-methyl/N-ethyl adjacent to an activating group) is 1. The van der Waals surface area contributed by atoms with Gasteiger partial charge >= 0.3 is 0 Å². The number of ketones is 1. The number of hydrogen-bond acceptors (Lipinski definition) is 3. The minimum Gasteiger partial charge on any atom is -0.333 e. The molecule has 0 spiro atoms. The van der Waals surface area contributed by atoms with Crippen LogP contribution in [0.25, 0.3) is 0 Å². The minimum atomic E-state index is 0.0272. The van der Waals surface area contributed by atoms with Crippen LogP contribution in [0.1, 0.15) is 34.8 Å². The van der Waals surface area contributed by atoms with Crippen LogP contribution < -0.4 is 0 Å². The molecular formula is C21H24N2O2. The predicted octanol–water partition coefficient (Wildman–Crippen LogP) is 3.16. The number of piperazine rings is 1. The van der Waals surface area contributed by atoms with Gasteiger partial charge in [-0.25, -0.2) is 0 Å². The van der Waals surface area contributed by atoms with Crippen LogP contribution in [0.3, 0.4) is 0 Å². The van der Waals surface area contributed by atoms with Crippen LogP contribution in [-0.2, 0) is 4.79 Å². The molecule has 0 saturated carbocycles. The standard InChI is InChI=1S/C21H24N2O2/c1-22-14-15-23(19(16-22)17-8-4-2-5-9-17)21(25)13-12-20(24)18-10-6-3-7-11-18/h2-11,19H,12-16H2,1H3. The SMILES string of the molecule is CN1CCN(C(=O)CCC(=O)c2ccccc2)C(c2ccccc2)C1. The lowest BCUT2D eigenvalue weighted by atomic mass is 10.0. The molecule has 1 saturated heterocycles. The molecule has 4 nitrogen and oxygen atoms in total. The minimum absolute atomic E-state index is 0.0272. The average Bonchev–Trinajstić information content (AvgIpc) is 2.67.